The number of hydrogen-bond acceptors (Lipinski definition) is 6. The molecule has 5 aromatic rings. The van der Waals surface area contributed by atoms with Crippen LogP contribution in [0.2, 0.25) is 0 Å². The van der Waals surface area contributed by atoms with Crippen molar-refractivity contribution in [3.63, 3.8) is 0 Å². The van der Waals surface area contributed by atoms with Gasteiger partial charge in [-0.05, 0) is 35.9 Å². The minimum Gasteiger partial charge on any atom is -0.353 e. The van der Waals surface area contributed by atoms with Gasteiger partial charge in [0.25, 0.3) is 11.5 Å². The molecule has 6 rings (SSSR count). The number of halogens is 3. The number of carbonyl (C=O) groups is 1. The molecule has 0 radical (unpaired) electrons. The van der Waals surface area contributed by atoms with Gasteiger partial charge < -0.3 is 14.8 Å². The SMILES string of the molecule is O=C(c1cc(Cc2n[nH]c(=O)c3ccccc23)ccc1C(F)(F)F)N1CCN(c2ccc3[nH]cnc3n2)CC1. The molecule has 198 valence electrons. The van der Waals surface area contributed by atoms with Crippen LogP contribution in [0.1, 0.15) is 27.2 Å². The third-order valence-electron chi connectivity index (χ3n) is 6.92. The lowest BCUT2D eigenvalue weighted by atomic mass is 9.98. The number of carbonyl (C=O) groups excluding carboxylic acids is 1. The molecule has 39 heavy (non-hydrogen) atoms. The summed E-state index contributed by atoms with van der Waals surface area (Å²) in [7, 11) is 0. The Labute approximate surface area is 219 Å². The molecular weight excluding hydrogens is 511 g/mol. The van der Waals surface area contributed by atoms with Gasteiger partial charge in [-0.2, -0.15) is 18.3 Å². The zero-order valence-corrected chi connectivity index (χ0v) is 20.5. The summed E-state index contributed by atoms with van der Waals surface area (Å²) in [5.41, 5.74) is 0.613. The lowest BCUT2D eigenvalue weighted by Crippen LogP contribution is -2.49. The van der Waals surface area contributed by atoms with E-state index in [0.29, 0.717) is 46.6 Å². The van der Waals surface area contributed by atoms with Gasteiger partial charge >= 0.3 is 6.18 Å². The summed E-state index contributed by atoms with van der Waals surface area (Å²) in [6.45, 7) is 1.32. The first-order valence-corrected chi connectivity index (χ1v) is 12.3. The molecule has 9 nitrogen and oxygen atoms in total. The number of H-pyrrole nitrogens is 2. The van der Waals surface area contributed by atoms with Crippen LogP contribution in [-0.2, 0) is 12.6 Å². The lowest BCUT2D eigenvalue weighted by Gasteiger charge is -2.35. The summed E-state index contributed by atoms with van der Waals surface area (Å²) in [4.78, 5) is 40.6. The Morgan fingerprint density at radius 2 is 1.74 bits per heavy atom. The van der Waals surface area contributed by atoms with Crippen molar-refractivity contribution in [3.8, 4) is 0 Å². The number of piperazine rings is 1. The molecule has 4 heterocycles. The molecule has 0 unspecified atom stereocenters. The highest BCUT2D eigenvalue weighted by Gasteiger charge is 2.37. The second-order valence-corrected chi connectivity index (χ2v) is 9.32. The van der Waals surface area contributed by atoms with Crippen molar-refractivity contribution in [1.29, 1.82) is 0 Å². The minimum atomic E-state index is -4.70. The zero-order chi connectivity index (χ0) is 27.1. The summed E-state index contributed by atoms with van der Waals surface area (Å²) in [5, 5.41) is 7.59. The number of benzene rings is 2. The van der Waals surface area contributed by atoms with Crippen molar-refractivity contribution in [2.45, 2.75) is 12.6 Å². The van der Waals surface area contributed by atoms with Crippen LogP contribution >= 0.6 is 0 Å². The van der Waals surface area contributed by atoms with Gasteiger partial charge in [0.2, 0.25) is 0 Å². The van der Waals surface area contributed by atoms with Crippen molar-refractivity contribution < 1.29 is 18.0 Å². The van der Waals surface area contributed by atoms with Crippen molar-refractivity contribution in [2.75, 3.05) is 31.1 Å². The van der Waals surface area contributed by atoms with E-state index in [1.54, 1.807) is 30.6 Å². The largest absolute Gasteiger partial charge is 0.417 e. The first-order valence-electron chi connectivity index (χ1n) is 12.3. The molecule has 1 aliphatic rings. The number of aromatic nitrogens is 5. The number of amides is 1. The molecule has 0 aliphatic carbocycles. The Morgan fingerprint density at radius 3 is 2.51 bits per heavy atom. The number of aromatic amines is 2. The van der Waals surface area contributed by atoms with Crippen molar-refractivity contribution in [1.82, 2.24) is 30.0 Å². The van der Waals surface area contributed by atoms with Gasteiger partial charge in [-0.25, -0.2) is 15.1 Å². The van der Waals surface area contributed by atoms with Crippen LogP contribution in [0, 0.1) is 0 Å². The molecular formula is C27H22F3N7O2. The van der Waals surface area contributed by atoms with Crippen LogP contribution in [0.5, 0.6) is 0 Å². The minimum absolute atomic E-state index is 0.144. The molecule has 1 amide bonds. The van der Waals surface area contributed by atoms with Gasteiger partial charge in [-0.3, -0.25) is 9.59 Å². The first-order chi connectivity index (χ1) is 18.8. The van der Waals surface area contributed by atoms with Gasteiger partial charge in [0.1, 0.15) is 5.82 Å². The molecule has 0 saturated carbocycles. The molecule has 1 aliphatic heterocycles. The second-order valence-electron chi connectivity index (χ2n) is 9.32. The average Bonchev–Trinajstić information content (AvgIpc) is 3.42. The molecule has 0 bridgehead atoms. The fourth-order valence-corrected chi connectivity index (χ4v) is 4.92. The van der Waals surface area contributed by atoms with E-state index in [4.69, 9.17) is 0 Å². The summed E-state index contributed by atoms with van der Waals surface area (Å²) in [5.74, 6) is 0.0131. The molecule has 12 heteroatoms. The molecule has 0 spiro atoms. The highest BCUT2D eigenvalue weighted by Crippen LogP contribution is 2.34. The third kappa shape index (κ3) is 4.69. The van der Waals surface area contributed by atoms with Crippen molar-refractivity contribution in [3.05, 3.63) is 93.7 Å². The Balaban J connectivity index is 1.26. The molecule has 2 aromatic carbocycles. The van der Waals surface area contributed by atoms with E-state index < -0.39 is 23.2 Å². The highest BCUT2D eigenvalue weighted by atomic mass is 19.4. The predicted molar refractivity (Wildman–Crippen MR) is 139 cm³/mol. The van der Waals surface area contributed by atoms with Crippen molar-refractivity contribution in [2.24, 2.45) is 0 Å². The number of anilines is 1. The van der Waals surface area contributed by atoms with Crippen LogP contribution in [0.3, 0.4) is 0 Å². The standard InChI is InChI=1S/C27H22F3N7O2/c28-27(29,30)20-6-5-16(14-22-17-3-1-2-4-18(17)25(38)35-34-22)13-19(20)26(39)37-11-9-36(10-12-37)23-8-7-21-24(33-23)32-15-31-21/h1-8,13,15H,9-12,14H2,(H,35,38)(H,31,32,33). The molecule has 0 atom stereocenters. The summed E-state index contributed by atoms with van der Waals surface area (Å²) in [6.07, 6.45) is -3.00. The van der Waals surface area contributed by atoms with E-state index in [0.717, 1.165) is 11.6 Å². The number of nitrogens with one attached hydrogen (secondary N) is 2. The Morgan fingerprint density at radius 1 is 0.974 bits per heavy atom. The Bertz CT molecular complexity index is 1750. The van der Waals surface area contributed by atoms with E-state index in [2.05, 4.69) is 25.1 Å². The third-order valence-corrected chi connectivity index (χ3v) is 6.92. The molecule has 3 aromatic heterocycles. The average molecular weight is 534 g/mol. The summed E-state index contributed by atoms with van der Waals surface area (Å²) in [6, 6.07) is 14.2. The normalized spacial score (nSPS) is 14.3. The molecule has 1 saturated heterocycles. The van der Waals surface area contributed by atoms with Gasteiger partial charge in [0.05, 0.1) is 34.1 Å². The van der Waals surface area contributed by atoms with Gasteiger partial charge in [-0.1, -0.05) is 24.3 Å². The fourth-order valence-electron chi connectivity index (χ4n) is 4.92. The first kappa shape index (κ1) is 24.6. The number of nitrogens with zero attached hydrogens (tertiary/aromatic N) is 5. The van der Waals surface area contributed by atoms with Gasteiger partial charge in [0, 0.05) is 38.0 Å². The number of hydrogen-bond donors (Lipinski definition) is 2. The quantitative estimate of drug-likeness (QED) is 0.364. The second kappa shape index (κ2) is 9.53. The number of imidazole rings is 1. The van der Waals surface area contributed by atoms with Crippen LogP contribution in [-0.4, -0.2) is 62.1 Å². The lowest BCUT2D eigenvalue weighted by molar-refractivity contribution is -0.138. The maximum atomic E-state index is 13.9. The fraction of sp³-hybridized carbons (Fsp3) is 0.222. The van der Waals surface area contributed by atoms with E-state index in [-0.39, 0.29) is 25.1 Å². The van der Waals surface area contributed by atoms with E-state index >= 15 is 0 Å². The molecule has 1 fully saturated rings. The topological polar surface area (TPSA) is 111 Å². The predicted octanol–water partition coefficient (Wildman–Crippen LogP) is 3.77. The number of pyridine rings is 1. The monoisotopic (exact) mass is 533 g/mol. The number of alkyl halides is 3. The summed E-state index contributed by atoms with van der Waals surface area (Å²) >= 11 is 0. The highest BCUT2D eigenvalue weighted by molar-refractivity contribution is 5.96. The van der Waals surface area contributed by atoms with E-state index in [9.17, 15) is 22.8 Å². The number of rotatable bonds is 4. The van der Waals surface area contributed by atoms with Gasteiger partial charge in [-0.15, -0.1) is 0 Å². The van der Waals surface area contributed by atoms with Crippen LogP contribution in [0.15, 0.2) is 65.7 Å². The Kier molecular flexibility index (Phi) is 6.01. The van der Waals surface area contributed by atoms with E-state index in [1.807, 2.05) is 17.0 Å². The number of fused-ring (bicyclic) bond motifs is 2. The maximum Gasteiger partial charge on any atom is 0.417 e. The Hall–Kier alpha value is -4.74. The van der Waals surface area contributed by atoms with Crippen LogP contribution in [0.25, 0.3) is 21.9 Å². The van der Waals surface area contributed by atoms with Crippen LogP contribution in [0.4, 0.5) is 19.0 Å². The zero-order valence-electron chi connectivity index (χ0n) is 20.5. The van der Waals surface area contributed by atoms with Crippen LogP contribution < -0.4 is 10.5 Å². The molecule has 2 N–H and O–H groups in total. The summed E-state index contributed by atoms with van der Waals surface area (Å²) < 4.78 is 41.8. The van der Waals surface area contributed by atoms with E-state index in [1.165, 1.54) is 17.0 Å². The van der Waals surface area contributed by atoms with Gasteiger partial charge in [0.15, 0.2) is 5.65 Å². The smallest absolute Gasteiger partial charge is 0.353 e. The maximum absolute atomic E-state index is 13.9. The van der Waals surface area contributed by atoms with Crippen molar-refractivity contribution >= 4 is 33.7 Å².